The van der Waals surface area contributed by atoms with Gasteiger partial charge in [0, 0.05) is 23.2 Å². The Hall–Kier alpha value is -3.21. The zero-order chi connectivity index (χ0) is 21.9. The van der Waals surface area contributed by atoms with E-state index in [9.17, 15) is 14.9 Å². The van der Waals surface area contributed by atoms with E-state index in [1.54, 1.807) is 12.1 Å². The van der Waals surface area contributed by atoms with E-state index in [1.807, 2.05) is 36.4 Å². The molecule has 4 aliphatic carbocycles. The maximum Gasteiger partial charge on any atom is 0.269 e. The van der Waals surface area contributed by atoms with Crippen LogP contribution in [0.2, 0.25) is 0 Å². The van der Waals surface area contributed by atoms with Crippen molar-refractivity contribution in [3.8, 4) is 0 Å². The highest BCUT2D eigenvalue weighted by Crippen LogP contribution is 2.66. The van der Waals surface area contributed by atoms with Gasteiger partial charge in [0.25, 0.3) is 5.69 Å². The Morgan fingerprint density at radius 2 is 1.59 bits per heavy atom. The molecule has 4 fully saturated rings. The van der Waals surface area contributed by atoms with Crippen molar-refractivity contribution in [1.82, 2.24) is 0 Å². The van der Waals surface area contributed by atoms with E-state index < -0.39 is 0 Å². The Morgan fingerprint density at radius 1 is 0.906 bits per heavy atom. The van der Waals surface area contributed by atoms with Crippen LogP contribution in [-0.2, 0) is 10.2 Å². The summed E-state index contributed by atoms with van der Waals surface area (Å²) in [5.74, 6) is 1.24. The molecule has 0 heterocycles. The lowest BCUT2D eigenvalue weighted by Gasteiger charge is -2.61. The predicted molar refractivity (Wildman–Crippen MR) is 124 cm³/mol. The predicted octanol–water partition coefficient (Wildman–Crippen LogP) is 6.22. The van der Waals surface area contributed by atoms with Crippen LogP contribution in [0.4, 0.5) is 11.4 Å². The average Bonchev–Trinajstić information content (AvgIpc) is 2.78. The summed E-state index contributed by atoms with van der Waals surface area (Å²) >= 11 is 0. The van der Waals surface area contributed by atoms with Crippen LogP contribution in [0.3, 0.4) is 0 Å². The molecule has 5 heteroatoms. The second kappa shape index (κ2) is 6.89. The Balaban J connectivity index is 1.34. The molecule has 0 aromatic heterocycles. The van der Waals surface area contributed by atoms with Gasteiger partial charge in [-0.2, -0.15) is 0 Å². The first kappa shape index (κ1) is 19.5. The first-order chi connectivity index (χ1) is 15.5. The minimum absolute atomic E-state index is 0.0463. The number of nitrogens with one attached hydrogen (secondary N) is 1. The van der Waals surface area contributed by atoms with Gasteiger partial charge in [-0.15, -0.1) is 0 Å². The Bertz CT molecular complexity index is 1210. The minimum Gasteiger partial charge on any atom is -0.325 e. The van der Waals surface area contributed by atoms with Gasteiger partial charge < -0.3 is 5.32 Å². The van der Waals surface area contributed by atoms with E-state index in [0.717, 1.165) is 48.6 Å². The van der Waals surface area contributed by atoms with E-state index in [1.165, 1.54) is 12.0 Å². The number of benzene rings is 3. The molecule has 0 radical (unpaired) electrons. The molecule has 3 aromatic carbocycles. The summed E-state index contributed by atoms with van der Waals surface area (Å²) in [6, 6.07) is 21.3. The van der Waals surface area contributed by atoms with Crippen molar-refractivity contribution in [2.45, 2.75) is 43.9 Å². The van der Waals surface area contributed by atoms with Crippen LogP contribution in [0.15, 0.2) is 66.7 Å². The van der Waals surface area contributed by atoms with Crippen molar-refractivity contribution in [2.75, 3.05) is 5.32 Å². The molecule has 162 valence electrons. The largest absolute Gasteiger partial charge is 0.325 e. The van der Waals surface area contributed by atoms with Crippen molar-refractivity contribution < 1.29 is 9.72 Å². The van der Waals surface area contributed by atoms with Crippen molar-refractivity contribution in [3.63, 3.8) is 0 Å². The van der Waals surface area contributed by atoms with Gasteiger partial charge in [-0.25, -0.2) is 0 Å². The monoisotopic (exact) mass is 426 g/mol. The van der Waals surface area contributed by atoms with E-state index in [2.05, 4.69) is 23.5 Å². The molecule has 0 saturated heterocycles. The van der Waals surface area contributed by atoms with E-state index in [0.29, 0.717) is 11.8 Å². The topological polar surface area (TPSA) is 72.2 Å². The van der Waals surface area contributed by atoms with E-state index in [4.69, 9.17) is 0 Å². The molecule has 1 amide bonds. The van der Waals surface area contributed by atoms with Crippen molar-refractivity contribution in [1.29, 1.82) is 0 Å². The fourth-order valence-corrected chi connectivity index (χ4v) is 7.39. The molecule has 0 aliphatic heterocycles. The molecular formula is C27H26N2O3. The van der Waals surface area contributed by atoms with Crippen LogP contribution in [0, 0.1) is 27.4 Å². The van der Waals surface area contributed by atoms with Crippen molar-refractivity contribution in [2.24, 2.45) is 17.3 Å². The summed E-state index contributed by atoms with van der Waals surface area (Å²) in [6.45, 7) is 0. The number of anilines is 1. The number of nitrogens with zero attached hydrogens (tertiary/aromatic N) is 1. The van der Waals surface area contributed by atoms with Gasteiger partial charge in [-0.05, 0) is 72.8 Å². The van der Waals surface area contributed by atoms with Gasteiger partial charge in [0.1, 0.15) is 0 Å². The molecule has 3 aromatic rings. The maximum atomic E-state index is 13.8. The maximum absolute atomic E-state index is 13.8. The molecular weight excluding hydrogens is 400 g/mol. The van der Waals surface area contributed by atoms with Gasteiger partial charge in [-0.1, -0.05) is 48.5 Å². The molecule has 5 nitrogen and oxygen atoms in total. The van der Waals surface area contributed by atoms with Crippen LogP contribution < -0.4 is 5.32 Å². The number of carbonyl (C=O) groups is 1. The van der Waals surface area contributed by atoms with Gasteiger partial charge in [-0.3, -0.25) is 14.9 Å². The molecule has 0 spiro atoms. The van der Waals surface area contributed by atoms with Crippen molar-refractivity contribution >= 4 is 28.1 Å². The van der Waals surface area contributed by atoms with Gasteiger partial charge in [0.15, 0.2) is 0 Å². The number of non-ortho nitro benzene ring substituents is 1. The molecule has 1 N–H and O–H groups in total. The fourth-order valence-electron chi connectivity index (χ4n) is 7.39. The Labute approximate surface area is 187 Å². The highest BCUT2D eigenvalue weighted by Gasteiger charge is 2.61. The Morgan fingerprint density at radius 3 is 2.31 bits per heavy atom. The van der Waals surface area contributed by atoms with E-state index >= 15 is 0 Å². The quantitative estimate of drug-likeness (QED) is 0.397. The third kappa shape index (κ3) is 2.94. The Kier molecular flexibility index (Phi) is 4.19. The number of hydrogen-bond acceptors (Lipinski definition) is 3. The summed E-state index contributed by atoms with van der Waals surface area (Å²) in [4.78, 5) is 24.6. The number of rotatable bonds is 4. The number of nitro benzene ring substituents is 1. The van der Waals surface area contributed by atoms with Crippen LogP contribution in [0.1, 0.15) is 44.1 Å². The summed E-state index contributed by atoms with van der Waals surface area (Å²) in [5.41, 5.74) is 1.77. The van der Waals surface area contributed by atoms with E-state index in [-0.39, 0.29) is 27.3 Å². The molecule has 7 rings (SSSR count). The van der Waals surface area contributed by atoms with Crippen LogP contribution in [0.25, 0.3) is 10.8 Å². The molecule has 4 aliphatic rings. The second-order valence-electron chi connectivity index (χ2n) is 10.3. The minimum atomic E-state index is -0.358. The summed E-state index contributed by atoms with van der Waals surface area (Å²) < 4.78 is 0. The molecule has 4 bridgehead atoms. The lowest BCUT2D eigenvalue weighted by molar-refractivity contribution is -0.384. The fraction of sp³-hybridized carbons (Fsp3) is 0.370. The van der Waals surface area contributed by atoms with Crippen molar-refractivity contribution in [3.05, 3.63) is 82.4 Å². The number of amides is 1. The third-order valence-corrected chi connectivity index (χ3v) is 8.27. The number of nitro groups is 1. The summed E-state index contributed by atoms with van der Waals surface area (Å²) in [5, 5.41) is 16.6. The van der Waals surface area contributed by atoms with Crippen LogP contribution in [0.5, 0.6) is 0 Å². The number of fused-ring (bicyclic) bond motifs is 1. The molecule has 2 atom stereocenters. The van der Waals surface area contributed by atoms with Crippen LogP contribution >= 0.6 is 0 Å². The summed E-state index contributed by atoms with van der Waals surface area (Å²) in [7, 11) is 0. The number of carbonyl (C=O) groups excluding carboxylic acids is 1. The van der Waals surface area contributed by atoms with Gasteiger partial charge >= 0.3 is 0 Å². The van der Waals surface area contributed by atoms with Gasteiger partial charge in [0.2, 0.25) is 5.91 Å². The lowest BCUT2D eigenvalue weighted by Crippen LogP contribution is -2.57. The lowest BCUT2D eigenvalue weighted by atomic mass is 9.42. The standard InChI is InChI=1S/C27H26N2O3/c30-25(28-24-7-3-5-20-4-1-2-6-23(20)24)27-15-18-12-19(16-27)14-26(13-18,17-27)21-8-10-22(11-9-21)29(31)32/h1-11,18-19H,12-17H2,(H,28,30). The normalized spacial score (nSPS) is 30.4. The molecule has 2 unspecified atom stereocenters. The second-order valence-corrected chi connectivity index (χ2v) is 10.3. The number of hydrogen-bond donors (Lipinski definition) is 1. The third-order valence-electron chi connectivity index (χ3n) is 8.27. The van der Waals surface area contributed by atoms with Gasteiger partial charge in [0.05, 0.1) is 10.3 Å². The summed E-state index contributed by atoms with van der Waals surface area (Å²) in [6.07, 6.45) is 6.12. The SMILES string of the molecule is O=C(Nc1cccc2ccccc12)C12CC3CC(C1)CC(c1ccc([N+](=O)[O-])cc1)(C3)C2. The first-order valence-electron chi connectivity index (χ1n) is 11.5. The smallest absolute Gasteiger partial charge is 0.269 e. The highest BCUT2D eigenvalue weighted by atomic mass is 16.6. The zero-order valence-corrected chi connectivity index (χ0v) is 17.9. The molecule has 4 saturated carbocycles. The van der Waals surface area contributed by atoms with Crippen LogP contribution in [-0.4, -0.2) is 10.8 Å². The first-order valence-corrected chi connectivity index (χ1v) is 11.5. The molecule has 32 heavy (non-hydrogen) atoms. The highest BCUT2D eigenvalue weighted by molar-refractivity contribution is 6.04. The zero-order valence-electron chi connectivity index (χ0n) is 17.9. The average molecular weight is 427 g/mol.